The minimum absolute atomic E-state index is 0.512. The van der Waals surface area contributed by atoms with Gasteiger partial charge in [0.1, 0.15) is 24.7 Å². The van der Waals surface area contributed by atoms with Crippen LogP contribution in [0.15, 0.2) is 40.9 Å². The van der Waals surface area contributed by atoms with E-state index in [1.807, 2.05) is 38.1 Å². The van der Waals surface area contributed by atoms with Gasteiger partial charge >= 0.3 is 0 Å². The Labute approximate surface area is 139 Å². The van der Waals surface area contributed by atoms with Crippen molar-refractivity contribution in [3.05, 3.63) is 57.6 Å². The molecule has 2 aromatic rings. The molecule has 4 heteroatoms. The summed E-state index contributed by atoms with van der Waals surface area (Å²) in [7, 11) is 0. The van der Waals surface area contributed by atoms with Crippen molar-refractivity contribution in [2.45, 2.75) is 19.7 Å². The molecule has 0 fully saturated rings. The lowest BCUT2D eigenvalue weighted by molar-refractivity contribution is 0.215. The Morgan fingerprint density at radius 2 is 1.52 bits per heavy atom. The highest BCUT2D eigenvalue weighted by Gasteiger charge is 2.06. The lowest BCUT2D eigenvalue weighted by Crippen LogP contribution is -2.10. The molecule has 0 aliphatic carbocycles. The zero-order valence-electron chi connectivity index (χ0n) is 12.2. The van der Waals surface area contributed by atoms with Gasteiger partial charge in [0.2, 0.25) is 0 Å². The number of benzene rings is 2. The Morgan fingerprint density at radius 3 is 2.10 bits per heavy atom. The molecule has 2 nitrogen and oxygen atoms in total. The van der Waals surface area contributed by atoms with Crippen LogP contribution in [0.2, 0.25) is 0 Å². The normalized spacial score (nSPS) is 10.5. The molecule has 0 radical (unpaired) electrons. The van der Waals surface area contributed by atoms with Gasteiger partial charge < -0.3 is 9.47 Å². The smallest absolute Gasteiger partial charge is 0.125 e. The van der Waals surface area contributed by atoms with Crippen molar-refractivity contribution in [2.75, 3.05) is 13.2 Å². The molecule has 0 aliphatic heterocycles. The van der Waals surface area contributed by atoms with Gasteiger partial charge in [0.05, 0.1) is 0 Å². The summed E-state index contributed by atoms with van der Waals surface area (Å²) in [4.78, 5) is 0. The molecule has 0 atom stereocenters. The van der Waals surface area contributed by atoms with Gasteiger partial charge in [-0.25, -0.2) is 0 Å². The summed E-state index contributed by atoms with van der Waals surface area (Å²) in [6.07, 6.45) is 0. The van der Waals surface area contributed by atoms with Gasteiger partial charge in [0, 0.05) is 10.4 Å². The number of hydrogen-bond donors (Lipinski definition) is 0. The second-order valence-electron chi connectivity index (χ2n) is 4.84. The van der Waals surface area contributed by atoms with Crippen LogP contribution in [0.1, 0.15) is 16.7 Å². The number of aryl methyl sites for hydroxylation is 2. The maximum absolute atomic E-state index is 5.86. The van der Waals surface area contributed by atoms with Gasteiger partial charge in [0.15, 0.2) is 0 Å². The van der Waals surface area contributed by atoms with E-state index in [9.17, 15) is 0 Å². The second-order valence-corrected chi connectivity index (χ2v) is 6.03. The molecule has 0 heterocycles. The van der Waals surface area contributed by atoms with E-state index in [1.54, 1.807) is 0 Å². The van der Waals surface area contributed by atoms with E-state index < -0.39 is 0 Å². The Bertz CT molecular complexity index is 573. The Hall–Kier alpha value is -1.19. The molecular weight excluding hydrogens is 352 g/mol. The van der Waals surface area contributed by atoms with Crippen LogP contribution >= 0.6 is 27.5 Å². The Kier molecular flexibility index (Phi) is 5.95. The molecule has 0 aliphatic rings. The van der Waals surface area contributed by atoms with Crippen LogP contribution in [0.25, 0.3) is 0 Å². The summed E-state index contributed by atoms with van der Waals surface area (Å²) < 4.78 is 12.5. The Morgan fingerprint density at radius 1 is 0.952 bits per heavy atom. The highest BCUT2D eigenvalue weighted by Crippen LogP contribution is 2.25. The molecular formula is C17H18BrClO2. The molecule has 2 rings (SSSR count). The molecule has 2 aromatic carbocycles. The zero-order valence-corrected chi connectivity index (χ0v) is 14.5. The van der Waals surface area contributed by atoms with Gasteiger partial charge in [-0.2, -0.15) is 0 Å². The summed E-state index contributed by atoms with van der Waals surface area (Å²) in [5.74, 6) is 2.28. The topological polar surface area (TPSA) is 18.5 Å². The van der Waals surface area contributed by atoms with Crippen LogP contribution in [0.5, 0.6) is 11.5 Å². The molecule has 0 bridgehead atoms. The summed E-state index contributed by atoms with van der Waals surface area (Å²) >= 11 is 9.26. The maximum Gasteiger partial charge on any atom is 0.125 e. The average Bonchev–Trinajstić information content (AvgIpc) is 2.47. The van der Waals surface area contributed by atoms with E-state index in [2.05, 4.69) is 28.1 Å². The SMILES string of the molecule is Cc1cc(CCl)cc(C)c1OCCOc1ccc(Br)cc1. The molecule has 0 unspecified atom stereocenters. The Balaban J connectivity index is 1.87. The monoisotopic (exact) mass is 368 g/mol. The molecule has 0 saturated carbocycles. The summed E-state index contributed by atoms with van der Waals surface area (Å²) in [6.45, 7) is 5.09. The fraction of sp³-hybridized carbons (Fsp3) is 0.294. The van der Waals surface area contributed by atoms with Gasteiger partial charge in [-0.05, 0) is 54.8 Å². The highest BCUT2D eigenvalue weighted by atomic mass is 79.9. The van der Waals surface area contributed by atoms with Crippen LogP contribution in [0.3, 0.4) is 0 Å². The number of hydrogen-bond acceptors (Lipinski definition) is 2. The molecule has 21 heavy (non-hydrogen) atoms. The van der Waals surface area contributed by atoms with E-state index in [-0.39, 0.29) is 0 Å². The second kappa shape index (κ2) is 7.71. The number of halogens is 2. The first-order valence-electron chi connectivity index (χ1n) is 6.77. The van der Waals surface area contributed by atoms with Crippen molar-refractivity contribution in [3.8, 4) is 11.5 Å². The van der Waals surface area contributed by atoms with Gasteiger partial charge in [-0.3, -0.25) is 0 Å². The largest absolute Gasteiger partial charge is 0.490 e. The minimum Gasteiger partial charge on any atom is -0.490 e. The first-order chi connectivity index (χ1) is 10.1. The summed E-state index contributed by atoms with van der Waals surface area (Å²) in [6, 6.07) is 11.9. The van der Waals surface area contributed by atoms with Crippen LogP contribution in [-0.4, -0.2) is 13.2 Å². The predicted molar refractivity (Wildman–Crippen MR) is 90.6 cm³/mol. The molecule has 112 valence electrons. The van der Waals surface area contributed by atoms with Crippen molar-refractivity contribution in [1.82, 2.24) is 0 Å². The first-order valence-corrected chi connectivity index (χ1v) is 8.10. The number of alkyl halides is 1. The van der Waals surface area contributed by atoms with E-state index in [4.69, 9.17) is 21.1 Å². The fourth-order valence-corrected chi connectivity index (χ4v) is 2.60. The van der Waals surface area contributed by atoms with Crippen LogP contribution < -0.4 is 9.47 Å². The number of ether oxygens (including phenoxy) is 2. The van der Waals surface area contributed by atoms with Crippen molar-refractivity contribution >= 4 is 27.5 Å². The highest BCUT2D eigenvalue weighted by molar-refractivity contribution is 9.10. The van der Waals surface area contributed by atoms with Gasteiger partial charge in [-0.1, -0.05) is 28.1 Å². The third-order valence-electron chi connectivity index (χ3n) is 3.09. The van der Waals surface area contributed by atoms with Crippen molar-refractivity contribution < 1.29 is 9.47 Å². The first kappa shape index (κ1) is 16.2. The van der Waals surface area contributed by atoms with Gasteiger partial charge in [-0.15, -0.1) is 11.6 Å². The predicted octanol–water partition coefficient (Wildman–Crippen LogP) is 5.26. The third-order valence-corrected chi connectivity index (χ3v) is 3.92. The van der Waals surface area contributed by atoms with E-state index >= 15 is 0 Å². The third kappa shape index (κ3) is 4.65. The average molecular weight is 370 g/mol. The summed E-state index contributed by atoms with van der Waals surface area (Å²) in [5, 5.41) is 0. The minimum atomic E-state index is 0.512. The maximum atomic E-state index is 5.86. The fourth-order valence-electron chi connectivity index (χ4n) is 2.18. The van der Waals surface area contributed by atoms with Crippen molar-refractivity contribution in [3.63, 3.8) is 0 Å². The zero-order chi connectivity index (χ0) is 15.2. The lowest BCUT2D eigenvalue weighted by atomic mass is 10.1. The molecule has 0 amide bonds. The molecule has 0 saturated heterocycles. The van der Waals surface area contributed by atoms with E-state index in [0.717, 1.165) is 32.7 Å². The van der Waals surface area contributed by atoms with Crippen LogP contribution in [-0.2, 0) is 5.88 Å². The number of rotatable bonds is 6. The molecule has 0 spiro atoms. The van der Waals surface area contributed by atoms with Gasteiger partial charge in [0.25, 0.3) is 0 Å². The van der Waals surface area contributed by atoms with E-state index in [0.29, 0.717) is 19.1 Å². The standard InChI is InChI=1S/C17H18BrClO2/c1-12-9-14(11-19)10-13(2)17(12)21-8-7-20-16-5-3-15(18)4-6-16/h3-6,9-10H,7-8,11H2,1-2H3. The quantitative estimate of drug-likeness (QED) is 0.510. The van der Waals surface area contributed by atoms with Crippen molar-refractivity contribution in [1.29, 1.82) is 0 Å². The van der Waals surface area contributed by atoms with Crippen LogP contribution in [0.4, 0.5) is 0 Å². The van der Waals surface area contributed by atoms with Crippen molar-refractivity contribution in [2.24, 2.45) is 0 Å². The lowest BCUT2D eigenvalue weighted by Gasteiger charge is -2.14. The van der Waals surface area contributed by atoms with Crippen LogP contribution in [0, 0.1) is 13.8 Å². The van der Waals surface area contributed by atoms with E-state index in [1.165, 1.54) is 0 Å². The molecule has 0 aromatic heterocycles. The summed E-state index contributed by atoms with van der Waals surface area (Å²) in [5.41, 5.74) is 3.33. The molecule has 0 N–H and O–H groups in total.